The van der Waals surface area contributed by atoms with E-state index < -0.39 is 0 Å². The maximum atomic E-state index is 5.47. The molecule has 0 bridgehead atoms. The molecule has 1 aromatic carbocycles. The summed E-state index contributed by atoms with van der Waals surface area (Å²) in [5.41, 5.74) is 3.01. The van der Waals surface area contributed by atoms with Crippen molar-refractivity contribution < 1.29 is 9.15 Å². The van der Waals surface area contributed by atoms with Crippen molar-refractivity contribution in [1.82, 2.24) is 9.97 Å². The number of aromatic nitrogens is 2. The second-order valence-corrected chi connectivity index (χ2v) is 6.39. The first-order valence-electron chi connectivity index (χ1n) is 9.08. The molecule has 1 saturated heterocycles. The fourth-order valence-electron chi connectivity index (χ4n) is 3.09. The Balaban J connectivity index is 1.52. The normalized spacial score (nSPS) is 14.2. The third-order valence-corrected chi connectivity index (χ3v) is 4.38. The zero-order valence-corrected chi connectivity index (χ0v) is 15.3. The summed E-state index contributed by atoms with van der Waals surface area (Å²) in [7, 11) is 0. The van der Waals surface area contributed by atoms with E-state index in [2.05, 4.69) is 31.6 Å². The van der Waals surface area contributed by atoms with Crippen molar-refractivity contribution in [2.24, 2.45) is 0 Å². The Hall–Kier alpha value is -3.06. The molecule has 3 aromatic rings. The smallest absolute Gasteiger partial charge is 0.229 e. The minimum Gasteiger partial charge on any atom is -0.467 e. The van der Waals surface area contributed by atoms with Gasteiger partial charge in [-0.1, -0.05) is 12.1 Å². The number of para-hydroxylation sites is 2. The second-order valence-electron chi connectivity index (χ2n) is 6.39. The van der Waals surface area contributed by atoms with Crippen molar-refractivity contribution in [2.75, 3.05) is 41.8 Å². The minimum absolute atomic E-state index is 0.567. The van der Waals surface area contributed by atoms with Crippen LogP contribution in [0.25, 0.3) is 0 Å². The van der Waals surface area contributed by atoms with E-state index in [1.54, 1.807) is 6.26 Å². The lowest BCUT2D eigenvalue weighted by Crippen LogP contribution is -2.36. The number of rotatable bonds is 6. The van der Waals surface area contributed by atoms with E-state index in [0.717, 1.165) is 55.0 Å². The number of anilines is 4. The quantitative estimate of drug-likeness (QED) is 0.691. The summed E-state index contributed by atoms with van der Waals surface area (Å²) in [5, 5.41) is 6.66. The van der Waals surface area contributed by atoms with Crippen molar-refractivity contribution in [3.63, 3.8) is 0 Å². The zero-order valence-electron chi connectivity index (χ0n) is 15.3. The first kappa shape index (κ1) is 17.4. The predicted molar refractivity (Wildman–Crippen MR) is 106 cm³/mol. The number of nitrogens with zero attached hydrogens (tertiary/aromatic N) is 3. The van der Waals surface area contributed by atoms with E-state index in [1.807, 2.05) is 43.3 Å². The van der Waals surface area contributed by atoms with E-state index in [4.69, 9.17) is 9.15 Å². The maximum absolute atomic E-state index is 5.47. The summed E-state index contributed by atoms with van der Waals surface area (Å²) in [6, 6.07) is 13.9. The van der Waals surface area contributed by atoms with Crippen LogP contribution in [0.1, 0.15) is 11.5 Å². The Kier molecular flexibility index (Phi) is 5.20. The van der Waals surface area contributed by atoms with Gasteiger partial charge in [0, 0.05) is 24.8 Å². The number of morpholine rings is 1. The highest BCUT2D eigenvalue weighted by molar-refractivity contribution is 5.73. The Morgan fingerprint density at radius 2 is 1.93 bits per heavy atom. The monoisotopic (exact) mass is 365 g/mol. The molecule has 1 aliphatic rings. The van der Waals surface area contributed by atoms with Gasteiger partial charge in [0.1, 0.15) is 11.6 Å². The zero-order chi connectivity index (χ0) is 18.5. The lowest BCUT2D eigenvalue weighted by Gasteiger charge is -2.30. The molecular formula is C20H23N5O2. The molecule has 0 aliphatic carbocycles. The molecular weight excluding hydrogens is 342 g/mol. The van der Waals surface area contributed by atoms with Crippen LogP contribution < -0.4 is 15.5 Å². The van der Waals surface area contributed by atoms with E-state index in [9.17, 15) is 0 Å². The van der Waals surface area contributed by atoms with Gasteiger partial charge in [0.15, 0.2) is 0 Å². The van der Waals surface area contributed by atoms with Gasteiger partial charge in [-0.2, -0.15) is 4.98 Å². The molecule has 3 heterocycles. The first-order chi connectivity index (χ1) is 13.3. The van der Waals surface area contributed by atoms with Crippen LogP contribution in [0, 0.1) is 6.92 Å². The highest BCUT2D eigenvalue weighted by Crippen LogP contribution is 2.28. The predicted octanol–water partition coefficient (Wildman–Crippen LogP) is 3.57. The number of nitrogens with one attached hydrogen (secondary N) is 2. The topological polar surface area (TPSA) is 75.5 Å². The van der Waals surface area contributed by atoms with Crippen LogP contribution in [0.15, 0.2) is 53.1 Å². The average Bonchev–Trinajstić information content (AvgIpc) is 3.21. The molecule has 140 valence electrons. The SMILES string of the molecule is Cc1cc(NCc2ccco2)nc(Nc2ccccc2N2CCOCC2)n1. The van der Waals surface area contributed by atoms with E-state index >= 15 is 0 Å². The molecule has 7 nitrogen and oxygen atoms in total. The number of hydrogen-bond donors (Lipinski definition) is 2. The van der Waals surface area contributed by atoms with Crippen molar-refractivity contribution in [3.05, 3.63) is 60.2 Å². The van der Waals surface area contributed by atoms with E-state index in [1.165, 1.54) is 0 Å². The lowest BCUT2D eigenvalue weighted by atomic mass is 10.2. The minimum atomic E-state index is 0.567. The number of benzene rings is 1. The van der Waals surface area contributed by atoms with Crippen molar-refractivity contribution in [1.29, 1.82) is 0 Å². The number of aryl methyl sites for hydroxylation is 1. The van der Waals surface area contributed by atoms with E-state index in [-0.39, 0.29) is 0 Å². The second kappa shape index (κ2) is 8.09. The highest BCUT2D eigenvalue weighted by atomic mass is 16.5. The fraction of sp³-hybridized carbons (Fsp3) is 0.300. The van der Waals surface area contributed by atoms with Gasteiger partial charge in [0.25, 0.3) is 0 Å². The molecule has 2 aromatic heterocycles. The third-order valence-electron chi connectivity index (χ3n) is 4.38. The van der Waals surface area contributed by atoms with Crippen LogP contribution in [0.2, 0.25) is 0 Å². The fourth-order valence-corrected chi connectivity index (χ4v) is 3.09. The number of hydrogen-bond acceptors (Lipinski definition) is 7. The summed E-state index contributed by atoms with van der Waals surface area (Å²) in [4.78, 5) is 11.4. The molecule has 4 rings (SSSR count). The van der Waals surface area contributed by atoms with Crippen molar-refractivity contribution >= 4 is 23.1 Å². The van der Waals surface area contributed by atoms with Crippen LogP contribution in [0.3, 0.4) is 0 Å². The van der Waals surface area contributed by atoms with Gasteiger partial charge in [0.2, 0.25) is 5.95 Å². The third kappa shape index (κ3) is 4.38. The van der Waals surface area contributed by atoms with Crippen LogP contribution in [-0.2, 0) is 11.3 Å². The standard InChI is InChI=1S/C20H23N5O2/c1-15-13-19(21-14-16-5-4-10-27-16)24-20(22-15)23-17-6-2-3-7-18(17)25-8-11-26-12-9-25/h2-7,10,13H,8-9,11-12,14H2,1H3,(H2,21,22,23,24). The molecule has 0 atom stereocenters. The van der Waals surface area contributed by atoms with Crippen molar-refractivity contribution in [2.45, 2.75) is 13.5 Å². The Bertz CT molecular complexity index is 876. The molecule has 2 N–H and O–H groups in total. The van der Waals surface area contributed by atoms with E-state index in [0.29, 0.717) is 12.5 Å². The van der Waals surface area contributed by atoms with Crippen molar-refractivity contribution in [3.8, 4) is 0 Å². The molecule has 1 aliphatic heterocycles. The molecule has 0 unspecified atom stereocenters. The van der Waals surface area contributed by atoms with Gasteiger partial charge in [-0.25, -0.2) is 4.98 Å². The summed E-state index contributed by atoms with van der Waals surface area (Å²) < 4.78 is 10.8. The maximum Gasteiger partial charge on any atom is 0.229 e. The summed E-state index contributed by atoms with van der Waals surface area (Å²) in [5.74, 6) is 2.18. The van der Waals surface area contributed by atoms with Crippen LogP contribution >= 0.6 is 0 Å². The largest absolute Gasteiger partial charge is 0.467 e. The summed E-state index contributed by atoms with van der Waals surface area (Å²) >= 11 is 0. The average molecular weight is 365 g/mol. The number of furan rings is 1. The molecule has 0 amide bonds. The van der Waals surface area contributed by atoms with Gasteiger partial charge < -0.3 is 24.7 Å². The van der Waals surface area contributed by atoms with Crippen LogP contribution in [0.5, 0.6) is 0 Å². The Morgan fingerprint density at radius 3 is 2.74 bits per heavy atom. The lowest BCUT2D eigenvalue weighted by molar-refractivity contribution is 0.123. The highest BCUT2D eigenvalue weighted by Gasteiger charge is 2.15. The summed E-state index contributed by atoms with van der Waals surface area (Å²) in [6.07, 6.45) is 1.66. The van der Waals surface area contributed by atoms with Gasteiger partial charge in [-0.05, 0) is 31.2 Å². The molecule has 0 saturated carbocycles. The van der Waals surface area contributed by atoms with Gasteiger partial charge in [-0.3, -0.25) is 0 Å². The van der Waals surface area contributed by atoms with Gasteiger partial charge in [0.05, 0.1) is 37.4 Å². The van der Waals surface area contributed by atoms with Gasteiger partial charge in [-0.15, -0.1) is 0 Å². The van der Waals surface area contributed by atoms with Crippen LogP contribution in [-0.4, -0.2) is 36.3 Å². The molecule has 1 fully saturated rings. The Morgan fingerprint density at radius 1 is 1.07 bits per heavy atom. The molecule has 7 heteroatoms. The Labute approximate surface area is 158 Å². The first-order valence-corrected chi connectivity index (χ1v) is 9.08. The molecule has 0 spiro atoms. The molecule has 0 radical (unpaired) electrons. The van der Waals surface area contributed by atoms with Gasteiger partial charge >= 0.3 is 0 Å². The number of ether oxygens (including phenoxy) is 1. The van der Waals surface area contributed by atoms with Crippen LogP contribution in [0.4, 0.5) is 23.1 Å². The summed E-state index contributed by atoms with van der Waals surface area (Å²) in [6.45, 7) is 5.78. The molecule has 27 heavy (non-hydrogen) atoms.